The van der Waals surface area contributed by atoms with Gasteiger partial charge in [0.15, 0.2) is 0 Å². The van der Waals surface area contributed by atoms with Gasteiger partial charge in [-0.3, -0.25) is 9.47 Å². The summed E-state index contributed by atoms with van der Waals surface area (Å²) in [5.74, 6) is 4.20. The first kappa shape index (κ1) is 14.1. The summed E-state index contributed by atoms with van der Waals surface area (Å²) in [6.07, 6.45) is 9.76. The molecule has 24 heavy (non-hydrogen) atoms. The van der Waals surface area contributed by atoms with E-state index in [4.69, 9.17) is 4.74 Å². The molecule has 1 aliphatic heterocycles. The van der Waals surface area contributed by atoms with Gasteiger partial charge in [0.1, 0.15) is 12.4 Å². The molecule has 1 spiro atoms. The van der Waals surface area contributed by atoms with E-state index in [-0.39, 0.29) is 0 Å². The maximum Gasteiger partial charge on any atom is 0.316 e. The minimum atomic E-state index is 0.355. The largest absolute Gasteiger partial charge is 0.462 e. The Kier molecular flexibility index (Phi) is 2.67. The zero-order chi connectivity index (χ0) is 15.9. The molecule has 130 valence electrons. The molecule has 1 aromatic rings. The van der Waals surface area contributed by atoms with Gasteiger partial charge in [-0.15, -0.1) is 5.10 Å². The van der Waals surface area contributed by atoms with E-state index < -0.39 is 0 Å². The molecule has 5 atom stereocenters. The number of likely N-dealkylation sites (tertiary alicyclic amines) is 1. The molecule has 5 saturated carbocycles. The van der Waals surface area contributed by atoms with Gasteiger partial charge in [-0.25, -0.2) is 0 Å². The predicted molar refractivity (Wildman–Crippen MR) is 89.8 cm³/mol. The van der Waals surface area contributed by atoms with E-state index in [0.717, 1.165) is 42.3 Å². The average molecular weight is 328 g/mol. The highest BCUT2D eigenvalue weighted by Gasteiger charge is 2.86. The lowest BCUT2D eigenvalue weighted by molar-refractivity contribution is -0.238. The summed E-state index contributed by atoms with van der Waals surface area (Å²) < 4.78 is 8.17. The first-order chi connectivity index (χ1) is 11.7. The highest BCUT2D eigenvalue weighted by molar-refractivity contribution is 5.41. The van der Waals surface area contributed by atoms with Crippen LogP contribution in [0.1, 0.15) is 50.8 Å². The van der Waals surface area contributed by atoms with E-state index >= 15 is 0 Å². The van der Waals surface area contributed by atoms with Crippen molar-refractivity contribution in [2.24, 2.45) is 30.2 Å². The molecule has 1 saturated heterocycles. The van der Waals surface area contributed by atoms with Crippen molar-refractivity contribution in [3.8, 4) is 6.01 Å². The van der Waals surface area contributed by atoms with Gasteiger partial charge in [0.25, 0.3) is 0 Å². The van der Waals surface area contributed by atoms with Gasteiger partial charge in [0.05, 0.1) is 0 Å². The second kappa shape index (κ2) is 4.54. The standard InChI is InChI=1S/C19H28N4O/c1-22-16(18-11-14-9-13-10-15(18)19(13,14)12-18)20-21-17(22)24-8-7-23-5-3-2-4-6-23/h13-15H,2-12H2,1H3. The lowest BCUT2D eigenvalue weighted by Crippen LogP contribution is -2.69. The van der Waals surface area contributed by atoms with E-state index in [1.807, 2.05) is 0 Å². The van der Waals surface area contributed by atoms with Gasteiger partial charge in [-0.2, -0.15) is 0 Å². The van der Waals surface area contributed by atoms with Crippen molar-refractivity contribution in [1.82, 2.24) is 19.7 Å². The molecule has 2 bridgehead atoms. The third kappa shape index (κ3) is 1.48. The number of ether oxygens (including phenoxy) is 1. The van der Waals surface area contributed by atoms with Crippen LogP contribution >= 0.6 is 0 Å². The molecule has 6 aliphatic rings. The van der Waals surface area contributed by atoms with Crippen molar-refractivity contribution in [1.29, 1.82) is 0 Å². The highest BCUT2D eigenvalue weighted by atomic mass is 16.5. The Morgan fingerprint density at radius 1 is 1.12 bits per heavy atom. The first-order valence-corrected chi connectivity index (χ1v) is 9.99. The first-order valence-electron chi connectivity index (χ1n) is 9.99. The Labute approximate surface area is 143 Å². The molecule has 1 aromatic heterocycles. The molecule has 5 nitrogen and oxygen atoms in total. The summed E-state index contributed by atoms with van der Waals surface area (Å²) in [6.45, 7) is 4.20. The van der Waals surface area contributed by atoms with Gasteiger partial charge in [0, 0.05) is 19.0 Å². The maximum absolute atomic E-state index is 6.01. The zero-order valence-electron chi connectivity index (χ0n) is 14.7. The number of hydrogen-bond acceptors (Lipinski definition) is 4. The summed E-state index contributed by atoms with van der Waals surface area (Å²) >= 11 is 0. The molecule has 2 heterocycles. The molecule has 0 aromatic carbocycles. The third-order valence-electron chi connectivity index (χ3n) is 8.53. The number of aromatic nitrogens is 3. The van der Waals surface area contributed by atoms with Crippen LogP contribution in [-0.2, 0) is 12.5 Å². The van der Waals surface area contributed by atoms with Gasteiger partial charge >= 0.3 is 6.01 Å². The molecule has 0 radical (unpaired) electrons. The van der Waals surface area contributed by atoms with E-state index in [0.29, 0.717) is 5.41 Å². The van der Waals surface area contributed by atoms with Crippen LogP contribution in [-0.4, -0.2) is 45.9 Å². The number of hydrogen-bond donors (Lipinski definition) is 0. The molecule has 0 amide bonds. The Balaban J connectivity index is 1.15. The van der Waals surface area contributed by atoms with Crippen molar-refractivity contribution in [2.75, 3.05) is 26.2 Å². The maximum atomic E-state index is 6.01. The Morgan fingerprint density at radius 3 is 2.75 bits per heavy atom. The van der Waals surface area contributed by atoms with Crippen LogP contribution in [0.15, 0.2) is 0 Å². The van der Waals surface area contributed by atoms with Crippen LogP contribution in [0, 0.1) is 23.2 Å². The van der Waals surface area contributed by atoms with Gasteiger partial charge in [-0.05, 0) is 74.8 Å². The number of rotatable bonds is 5. The SMILES string of the molecule is Cn1c(OCCN2CCCCC2)nnc1C12CC3CC4CC1C43C2. The average Bonchev–Trinajstić information content (AvgIpc) is 3.08. The zero-order valence-corrected chi connectivity index (χ0v) is 14.7. The normalized spacial score (nSPS) is 45.1. The van der Waals surface area contributed by atoms with Crippen LogP contribution in [0.25, 0.3) is 0 Å². The van der Waals surface area contributed by atoms with Crippen molar-refractivity contribution >= 4 is 0 Å². The fraction of sp³-hybridized carbons (Fsp3) is 0.895. The molecular formula is C19H28N4O. The minimum absolute atomic E-state index is 0.355. The quantitative estimate of drug-likeness (QED) is 0.832. The molecule has 0 N–H and O–H groups in total. The molecule has 5 heteroatoms. The predicted octanol–water partition coefficient (Wildman–Crippen LogP) is 2.37. The topological polar surface area (TPSA) is 43.2 Å². The molecule has 5 aliphatic carbocycles. The summed E-state index contributed by atoms with van der Waals surface area (Å²) in [4.78, 5) is 2.51. The molecular weight excluding hydrogens is 300 g/mol. The second-order valence-electron chi connectivity index (χ2n) is 9.18. The van der Waals surface area contributed by atoms with Crippen LogP contribution in [0.3, 0.4) is 0 Å². The van der Waals surface area contributed by atoms with E-state index in [1.54, 1.807) is 0 Å². The summed E-state index contributed by atoms with van der Waals surface area (Å²) in [7, 11) is 2.11. The summed E-state index contributed by atoms with van der Waals surface area (Å²) in [5.41, 5.74) is 1.12. The smallest absolute Gasteiger partial charge is 0.316 e. The molecule has 6 fully saturated rings. The van der Waals surface area contributed by atoms with Crippen molar-refractivity contribution in [2.45, 2.75) is 50.4 Å². The molecule has 7 rings (SSSR count). The lowest BCUT2D eigenvalue weighted by Gasteiger charge is -2.73. The van der Waals surface area contributed by atoms with Crippen molar-refractivity contribution in [3.63, 3.8) is 0 Å². The summed E-state index contributed by atoms with van der Waals surface area (Å²) in [6, 6.07) is 0.729. The molecule has 5 unspecified atom stereocenters. The van der Waals surface area contributed by atoms with E-state index in [1.165, 1.54) is 63.9 Å². The van der Waals surface area contributed by atoms with Crippen LogP contribution in [0.2, 0.25) is 0 Å². The Bertz CT molecular complexity index is 677. The van der Waals surface area contributed by atoms with Crippen LogP contribution < -0.4 is 4.74 Å². The number of nitrogens with zero attached hydrogens (tertiary/aromatic N) is 4. The second-order valence-corrected chi connectivity index (χ2v) is 9.18. The monoisotopic (exact) mass is 328 g/mol. The van der Waals surface area contributed by atoms with Gasteiger partial charge < -0.3 is 4.74 Å². The van der Waals surface area contributed by atoms with Crippen molar-refractivity contribution < 1.29 is 4.74 Å². The lowest BCUT2D eigenvalue weighted by atomic mass is 9.30. The summed E-state index contributed by atoms with van der Waals surface area (Å²) in [5, 5.41) is 9.02. The Morgan fingerprint density at radius 2 is 2.00 bits per heavy atom. The van der Waals surface area contributed by atoms with Gasteiger partial charge in [-0.1, -0.05) is 11.5 Å². The minimum Gasteiger partial charge on any atom is -0.462 e. The fourth-order valence-corrected chi connectivity index (χ4v) is 7.45. The fourth-order valence-electron chi connectivity index (χ4n) is 7.45. The van der Waals surface area contributed by atoms with Crippen LogP contribution in [0.4, 0.5) is 0 Å². The Hall–Kier alpha value is -1.10. The number of piperidine rings is 1. The van der Waals surface area contributed by atoms with Gasteiger partial charge in [0.2, 0.25) is 0 Å². The van der Waals surface area contributed by atoms with Crippen molar-refractivity contribution in [3.05, 3.63) is 5.82 Å². The van der Waals surface area contributed by atoms with E-state index in [2.05, 4.69) is 26.7 Å². The van der Waals surface area contributed by atoms with E-state index in [9.17, 15) is 0 Å². The van der Waals surface area contributed by atoms with Crippen LogP contribution in [0.5, 0.6) is 6.01 Å². The third-order valence-corrected chi connectivity index (χ3v) is 8.53. The highest BCUT2D eigenvalue weighted by Crippen LogP contribution is 2.90.